The summed E-state index contributed by atoms with van der Waals surface area (Å²) in [4.78, 5) is 13.9. The van der Waals surface area contributed by atoms with Crippen molar-refractivity contribution in [2.45, 2.75) is 18.9 Å². The van der Waals surface area contributed by atoms with Crippen molar-refractivity contribution >= 4 is 5.91 Å². The Morgan fingerprint density at radius 3 is 2.75 bits per heavy atom. The van der Waals surface area contributed by atoms with Crippen molar-refractivity contribution < 1.29 is 4.79 Å². The van der Waals surface area contributed by atoms with E-state index in [1.807, 2.05) is 29.2 Å². The van der Waals surface area contributed by atoms with E-state index in [1.165, 1.54) is 6.33 Å². The lowest BCUT2D eigenvalue weighted by atomic mass is 10.1. The number of rotatable bonds is 3. The second kappa shape index (κ2) is 5.38. The van der Waals surface area contributed by atoms with Crippen molar-refractivity contribution in [3.05, 3.63) is 36.2 Å². The standard InChI is InChI=1S/C13H16N6O/c14-11-5-6-18(8-11)13(20)7-10-1-3-12(4-2-10)19-9-15-16-17-19/h1-4,9,11H,5-8,14H2/t11-/m1/s1. The van der Waals surface area contributed by atoms with Crippen LogP contribution in [0.25, 0.3) is 5.69 Å². The molecule has 0 aliphatic carbocycles. The maximum absolute atomic E-state index is 12.1. The van der Waals surface area contributed by atoms with Crippen LogP contribution in [0.5, 0.6) is 0 Å². The number of nitrogens with zero attached hydrogens (tertiary/aromatic N) is 5. The minimum atomic E-state index is 0.126. The summed E-state index contributed by atoms with van der Waals surface area (Å²) in [5.74, 6) is 0.133. The molecule has 0 unspecified atom stereocenters. The number of aromatic nitrogens is 4. The fraction of sp³-hybridized carbons (Fsp3) is 0.385. The number of nitrogens with two attached hydrogens (primary N) is 1. The molecule has 0 spiro atoms. The van der Waals surface area contributed by atoms with Gasteiger partial charge in [0.1, 0.15) is 6.33 Å². The second-order valence-corrected chi connectivity index (χ2v) is 4.99. The summed E-state index contributed by atoms with van der Waals surface area (Å²) < 4.78 is 1.57. The van der Waals surface area contributed by atoms with Crippen molar-refractivity contribution in [2.75, 3.05) is 13.1 Å². The highest BCUT2D eigenvalue weighted by Crippen LogP contribution is 2.12. The van der Waals surface area contributed by atoms with Gasteiger partial charge in [0.05, 0.1) is 12.1 Å². The molecule has 1 aliphatic rings. The van der Waals surface area contributed by atoms with E-state index in [4.69, 9.17) is 5.73 Å². The molecule has 20 heavy (non-hydrogen) atoms. The molecular formula is C13H16N6O. The summed E-state index contributed by atoms with van der Waals surface area (Å²) in [6.07, 6.45) is 2.83. The highest BCUT2D eigenvalue weighted by molar-refractivity contribution is 5.79. The van der Waals surface area contributed by atoms with Gasteiger partial charge in [-0.1, -0.05) is 12.1 Å². The van der Waals surface area contributed by atoms with Crippen LogP contribution in [0.15, 0.2) is 30.6 Å². The summed E-state index contributed by atoms with van der Waals surface area (Å²) in [7, 11) is 0. The summed E-state index contributed by atoms with van der Waals surface area (Å²) in [5.41, 5.74) is 7.66. The van der Waals surface area contributed by atoms with Gasteiger partial charge in [0, 0.05) is 19.1 Å². The molecule has 3 rings (SSSR count). The first-order valence-electron chi connectivity index (χ1n) is 6.58. The molecule has 2 aromatic rings. The molecule has 7 heteroatoms. The lowest BCUT2D eigenvalue weighted by Gasteiger charge is -2.15. The van der Waals surface area contributed by atoms with E-state index in [1.54, 1.807) is 4.68 Å². The van der Waals surface area contributed by atoms with Crippen molar-refractivity contribution in [3.63, 3.8) is 0 Å². The Labute approximate surface area is 116 Å². The van der Waals surface area contributed by atoms with E-state index >= 15 is 0 Å². The smallest absolute Gasteiger partial charge is 0.227 e. The monoisotopic (exact) mass is 272 g/mol. The van der Waals surface area contributed by atoms with Gasteiger partial charge in [-0.3, -0.25) is 4.79 Å². The van der Waals surface area contributed by atoms with Crippen LogP contribution in [0.4, 0.5) is 0 Å². The Bertz CT molecular complexity index is 579. The van der Waals surface area contributed by atoms with E-state index < -0.39 is 0 Å². The molecule has 0 bridgehead atoms. The number of hydrogen-bond acceptors (Lipinski definition) is 5. The first-order chi connectivity index (χ1) is 9.72. The molecule has 104 valence electrons. The average Bonchev–Trinajstić information content (AvgIpc) is 3.10. The van der Waals surface area contributed by atoms with E-state index in [9.17, 15) is 4.79 Å². The Morgan fingerprint density at radius 1 is 1.35 bits per heavy atom. The molecule has 1 aliphatic heterocycles. The Morgan fingerprint density at radius 2 is 2.15 bits per heavy atom. The minimum absolute atomic E-state index is 0.126. The van der Waals surface area contributed by atoms with Crippen molar-refractivity contribution in [1.29, 1.82) is 0 Å². The summed E-state index contributed by atoms with van der Waals surface area (Å²) in [6.45, 7) is 1.43. The Balaban J connectivity index is 1.65. The molecule has 1 aromatic carbocycles. The summed E-state index contributed by atoms with van der Waals surface area (Å²) in [5, 5.41) is 11.0. The third-order valence-electron chi connectivity index (χ3n) is 3.48. The fourth-order valence-corrected chi connectivity index (χ4v) is 2.35. The molecule has 0 saturated carbocycles. The van der Waals surface area contributed by atoms with E-state index in [-0.39, 0.29) is 11.9 Å². The largest absolute Gasteiger partial charge is 0.341 e. The lowest BCUT2D eigenvalue weighted by Crippen LogP contribution is -2.32. The highest BCUT2D eigenvalue weighted by atomic mass is 16.2. The Kier molecular flexibility index (Phi) is 3.42. The maximum Gasteiger partial charge on any atom is 0.227 e. The van der Waals surface area contributed by atoms with Gasteiger partial charge < -0.3 is 10.6 Å². The van der Waals surface area contributed by atoms with Crippen molar-refractivity contribution in [3.8, 4) is 5.69 Å². The van der Waals surface area contributed by atoms with Gasteiger partial charge >= 0.3 is 0 Å². The van der Waals surface area contributed by atoms with Gasteiger partial charge in [-0.25, -0.2) is 4.68 Å². The van der Waals surface area contributed by atoms with E-state index in [0.29, 0.717) is 13.0 Å². The van der Waals surface area contributed by atoms with Crippen LogP contribution < -0.4 is 5.73 Å². The quantitative estimate of drug-likeness (QED) is 0.833. The van der Waals surface area contributed by atoms with Crippen LogP contribution in [-0.4, -0.2) is 50.1 Å². The van der Waals surface area contributed by atoms with Crippen LogP contribution >= 0.6 is 0 Å². The third kappa shape index (κ3) is 2.67. The fourth-order valence-electron chi connectivity index (χ4n) is 2.35. The number of benzene rings is 1. The molecule has 0 radical (unpaired) electrons. The van der Waals surface area contributed by atoms with Crippen LogP contribution in [0.2, 0.25) is 0 Å². The number of likely N-dealkylation sites (tertiary alicyclic amines) is 1. The van der Waals surface area contributed by atoms with Gasteiger partial charge in [-0.15, -0.1) is 5.10 Å². The van der Waals surface area contributed by atoms with Gasteiger partial charge in [0.2, 0.25) is 5.91 Å². The predicted molar refractivity (Wildman–Crippen MR) is 72.0 cm³/mol. The van der Waals surface area contributed by atoms with Crippen LogP contribution in [0.3, 0.4) is 0 Å². The molecule has 1 atom stereocenters. The van der Waals surface area contributed by atoms with Crippen molar-refractivity contribution in [2.24, 2.45) is 5.73 Å². The van der Waals surface area contributed by atoms with E-state index in [0.717, 1.165) is 24.2 Å². The van der Waals surface area contributed by atoms with Crippen LogP contribution in [0, 0.1) is 0 Å². The molecule has 2 N–H and O–H groups in total. The average molecular weight is 272 g/mol. The molecule has 1 saturated heterocycles. The number of carbonyl (C=O) groups is 1. The third-order valence-corrected chi connectivity index (χ3v) is 3.48. The van der Waals surface area contributed by atoms with Crippen molar-refractivity contribution in [1.82, 2.24) is 25.1 Å². The Hall–Kier alpha value is -2.28. The highest BCUT2D eigenvalue weighted by Gasteiger charge is 2.23. The molecule has 7 nitrogen and oxygen atoms in total. The van der Waals surface area contributed by atoms with Gasteiger partial charge in [0.15, 0.2) is 0 Å². The second-order valence-electron chi connectivity index (χ2n) is 4.99. The summed E-state index contributed by atoms with van der Waals surface area (Å²) >= 11 is 0. The van der Waals surface area contributed by atoms with Crippen LogP contribution in [0.1, 0.15) is 12.0 Å². The number of tetrazole rings is 1. The topological polar surface area (TPSA) is 89.9 Å². The first-order valence-corrected chi connectivity index (χ1v) is 6.58. The predicted octanol–water partition coefficient (Wildman–Crippen LogP) is -0.236. The minimum Gasteiger partial charge on any atom is -0.341 e. The maximum atomic E-state index is 12.1. The molecule has 2 heterocycles. The number of hydrogen-bond donors (Lipinski definition) is 1. The van der Waals surface area contributed by atoms with Gasteiger partial charge in [0.25, 0.3) is 0 Å². The van der Waals surface area contributed by atoms with Crippen LogP contribution in [-0.2, 0) is 11.2 Å². The molecule has 1 amide bonds. The molecule has 1 aromatic heterocycles. The number of amides is 1. The zero-order chi connectivity index (χ0) is 13.9. The van der Waals surface area contributed by atoms with Gasteiger partial charge in [-0.2, -0.15) is 0 Å². The number of carbonyl (C=O) groups excluding carboxylic acids is 1. The normalized spacial score (nSPS) is 18.4. The van der Waals surface area contributed by atoms with Gasteiger partial charge in [-0.05, 0) is 34.5 Å². The lowest BCUT2D eigenvalue weighted by molar-refractivity contribution is -0.129. The zero-order valence-electron chi connectivity index (χ0n) is 11.0. The SMILES string of the molecule is N[C@@H]1CCN(C(=O)Cc2ccc(-n3cnnn3)cc2)C1. The van der Waals surface area contributed by atoms with E-state index in [2.05, 4.69) is 15.5 Å². The molecular weight excluding hydrogens is 256 g/mol. The summed E-state index contributed by atoms with van der Waals surface area (Å²) in [6, 6.07) is 7.76. The first kappa shape index (κ1) is 12.7. The zero-order valence-corrected chi connectivity index (χ0v) is 11.0. The molecule has 1 fully saturated rings.